The van der Waals surface area contributed by atoms with Gasteiger partial charge in [0, 0.05) is 12.6 Å². The molecule has 1 saturated carbocycles. The van der Waals surface area contributed by atoms with Crippen LogP contribution in [0.1, 0.15) is 24.8 Å². The van der Waals surface area contributed by atoms with Gasteiger partial charge in [0.15, 0.2) is 0 Å². The van der Waals surface area contributed by atoms with Crippen LogP contribution >= 0.6 is 15.9 Å². The third-order valence-electron chi connectivity index (χ3n) is 3.90. The summed E-state index contributed by atoms with van der Waals surface area (Å²) < 4.78 is 13.7. The Kier molecular flexibility index (Phi) is 4.76. The van der Waals surface area contributed by atoms with Crippen LogP contribution in [0.25, 0.3) is 0 Å². The molecular weight excluding hydrogens is 295 g/mol. The van der Waals surface area contributed by atoms with Gasteiger partial charge in [0.05, 0.1) is 4.47 Å². The van der Waals surface area contributed by atoms with Gasteiger partial charge >= 0.3 is 0 Å². The molecule has 0 aromatic heterocycles. The number of nitrogens with two attached hydrogens (primary N) is 1. The zero-order chi connectivity index (χ0) is 13.1. The van der Waals surface area contributed by atoms with Crippen molar-refractivity contribution in [2.75, 3.05) is 13.6 Å². The molecule has 1 aromatic carbocycles. The quantitative estimate of drug-likeness (QED) is 0.925. The van der Waals surface area contributed by atoms with E-state index in [2.05, 4.69) is 27.9 Å². The summed E-state index contributed by atoms with van der Waals surface area (Å²) in [5, 5.41) is 0. The largest absolute Gasteiger partial charge is 0.330 e. The molecule has 0 bridgehead atoms. The fraction of sp³-hybridized carbons (Fsp3) is 0.571. The molecule has 0 aliphatic heterocycles. The summed E-state index contributed by atoms with van der Waals surface area (Å²) in [5.41, 5.74) is 6.95. The zero-order valence-electron chi connectivity index (χ0n) is 10.7. The van der Waals surface area contributed by atoms with E-state index in [4.69, 9.17) is 5.73 Å². The van der Waals surface area contributed by atoms with Crippen LogP contribution in [0, 0.1) is 11.7 Å². The molecule has 1 fully saturated rings. The molecule has 18 heavy (non-hydrogen) atoms. The Labute approximate surface area is 116 Å². The Bertz CT molecular complexity index is 411. The third-order valence-corrected chi connectivity index (χ3v) is 4.51. The average molecular weight is 315 g/mol. The highest BCUT2D eigenvalue weighted by atomic mass is 79.9. The van der Waals surface area contributed by atoms with Gasteiger partial charge in [0.25, 0.3) is 0 Å². The predicted octanol–water partition coefficient (Wildman–Crippen LogP) is 3.15. The SMILES string of the molecule is CN(Cc1ccc(F)c(Br)c1)C1CCCC1CN. The first-order valence-corrected chi connectivity index (χ1v) is 7.25. The predicted molar refractivity (Wildman–Crippen MR) is 75.8 cm³/mol. The van der Waals surface area contributed by atoms with Crippen molar-refractivity contribution < 1.29 is 4.39 Å². The number of nitrogens with zero attached hydrogens (tertiary/aromatic N) is 1. The number of benzene rings is 1. The van der Waals surface area contributed by atoms with Crippen molar-refractivity contribution in [1.82, 2.24) is 4.90 Å². The van der Waals surface area contributed by atoms with Crippen molar-refractivity contribution in [1.29, 1.82) is 0 Å². The first-order valence-electron chi connectivity index (χ1n) is 6.46. The standard InChI is InChI=1S/C14H20BrFN2/c1-18(14-4-2-3-11(14)8-17)9-10-5-6-13(16)12(15)7-10/h5-7,11,14H,2-4,8-9,17H2,1H3. The number of hydrogen-bond donors (Lipinski definition) is 1. The van der Waals surface area contributed by atoms with E-state index in [9.17, 15) is 4.39 Å². The van der Waals surface area contributed by atoms with E-state index in [1.165, 1.54) is 25.3 Å². The van der Waals surface area contributed by atoms with Gasteiger partial charge < -0.3 is 5.73 Å². The molecule has 0 heterocycles. The van der Waals surface area contributed by atoms with E-state index in [0.717, 1.165) is 18.7 Å². The van der Waals surface area contributed by atoms with E-state index < -0.39 is 0 Å². The molecule has 0 spiro atoms. The molecule has 1 aliphatic rings. The van der Waals surface area contributed by atoms with E-state index >= 15 is 0 Å². The van der Waals surface area contributed by atoms with E-state index in [1.807, 2.05) is 12.1 Å². The van der Waals surface area contributed by atoms with Crippen molar-refractivity contribution in [3.8, 4) is 0 Å². The normalized spacial score (nSPS) is 23.8. The monoisotopic (exact) mass is 314 g/mol. The second-order valence-corrected chi connectivity index (χ2v) is 6.01. The Balaban J connectivity index is 2.02. The van der Waals surface area contributed by atoms with Crippen LogP contribution < -0.4 is 5.73 Å². The van der Waals surface area contributed by atoms with Gasteiger partial charge in [-0.1, -0.05) is 12.5 Å². The van der Waals surface area contributed by atoms with Crippen LogP contribution in [0.5, 0.6) is 0 Å². The summed E-state index contributed by atoms with van der Waals surface area (Å²) in [6.45, 7) is 1.61. The molecule has 2 N–H and O–H groups in total. The number of rotatable bonds is 4. The van der Waals surface area contributed by atoms with Crippen molar-refractivity contribution in [3.05, 3.63) is 34.1 Å². The molecule has 2 atom stereocenters. The smallest absolute Gasteiger partial charge is 0.137 e. The van der Waals surface area contributed by atoms with Crippen LogP contribution in [0.15, 0.2) is 22.7 Å². The number of halogens is 2. The maximum atomic E-state index is 13.2. The Morgan fingerprint density at radius 1 is 1.44 bits per heavy atom. The first-order chi connectivity index (χ1) is 8.61. The molecule has 4 heteroatoms. The lowest BCUT2D eigenvalue weighted by Gasteiger charge is -2.29. The van der Waals surface area contributed by atoms with E-state index in [1.54, 1.807) is 0 Å². The molecule has 0 amide bonds. The van der Waals surface area contributed by atoms with Crippen LogP contribution in [0.2, 0.25) is 0 Å². The summed E-state index contributed by atoms with van der Waals surface area (Å²) >= 11 is 3.23. The summed E-state index contributed by atoms with van der Waals surface area (Å²) in [7, 11) is 2.13. The van der Waals surface area contributed by atoms with Gasteiger partial charge in [0.2, 0.25) is 0 Å². The Morgan fingerprint density at radius 3 is 2.89 bits per heavy atom. The van der Waals surface area contributed by atoms with Crippen LogP contribution in [0.3, 0.4) is 0 Å². The molecule has 1 aliphatic carbocycles. The summed E-state index contributed by atoms with van der Waals surface area (Å²) in [6, 6.07) is 5.79. The molecule has 0 radical (unpaired) electrons. The van der Waals surface area contributed by atoms with Crippen LogP contribution in [-0.2, 0) is 6.54 Å². The minimum atomic E-state index is -0.206. The second-order valence-electron chi connectivity index (χ2n) is 5.16. The lowest BCUT2D eigenvalue weighted by molar-refractivity contribution is 0.193. The second kappa shape index (κ2) is 6.13. The van der Waals surface area contributed by atoms with Crippen molar-refractivity contribution in [2.45, 2.75) is 31.8 Å². The lowest BCUT2D eigenvalue weighted by atomic mass is 10.0. The molecule has 1 aromatic rings. The van der Waals surface area contributed by atoms with Crippen LogP contribution in [0.4, 0.5) is 4.39 Å². The minimum Gasteiger partial charge on any atom is -0.330 e. The Hall–Kier alpha value is -0.450. The minimum absolute atomic E-state index is 0.206. The summed E-state index contributed by atoms with van der Waals surface area (Å²) in [6.07, 6.45) is 3.73. The van der Waals surface area contributed by atoms with Crippen molar-refractivity contribution in [2.24, 2.45) is 11.7 Å². The van der Waals surface area contributed by atoms with Crippen molar-refractivity contribution >= 4 is 15.9 Å². The number of hydrogen-bond acceptors (Lipinski definition) is 2. The van der Waals surface area contributed by atoms with E-state index in [-0.39, 0.29) is 5.82 Å². The average Bonchev–Trinajstić information content (AvgIpc) is 2.82. The highest BCUT2D eigenvalue weighted by Crippen LogP contribution is 2.29. The fourth-order valence-corrected chi connectivity index (χ4v) is 3.34. The lowest BCUT2D eigenvalue weighted by Crippen LogP contribution is -2.37. The molecule has 2 rings (SSSR count). The first kappa shape index (κ1) is 14.0. The van der Waals surface area contributed by atoms with Crippen LogP contribution in [-0.4, -0.2) is 24.5 Å². The molecular formula is C14H20BrFN2. The van der Waals surface area contributed by atoms with Crippen molar-refractivity contribution in [3.63, 3.8) is 0 Å². The Morgan fingerprint density at radius 2 is 2.22 bits per heavy atom. The maximum Gasteiger partial charge on any atom is 0.137 e. The van der Waals surface area contributed by atoms with Gasteiger partial charge in [0.1, 0.15) is 5.82 Å². The van der Waals surface area contributed by atoms with Gasteiger partial charge in [-0.05, 0) is 66.0 Å². The molecule has 2 unspecified atom stereocenters. The van der Waals surface area contributed by atoms with Gasteiger partial charge in [-0.15, -0.1) is 0 Å². The van der Waals surface area contributed by atoms with E-state index in [0.29, 0.717) is 16.4 Å². The third kappa shape index (κ3) is 3.11. The molecule has 100 valence electrons. The maximum absolute atomic E-state index is 13.2. The van der Waals surface area contributed by atoms with Gasteiger partial charge in [-0.3, -0.25) is 4.90 Å². The molecule has 0 saturated heterocycles. The highest BCUT2D eigenvalue weighted by molar-refractivity contribution is 9.10. The summed E-state index contributed by atoms with van der Waals surface area (Å²) in [4.78, 5) is 2.35. The highest BCUT2D eigenvalue weighted by Gasteiger charge is 2.29. The summed E-state index contributed by atoms with van der Waals surface area (Å²) in [5.74, 6) is 0.404. The topological polar surface area (TPSA) is 29.3 Å². The zero-order valence-corrected chi connectivity index (χ0v) is 12.3. The molecule has 2 nitrogen and oxygen atoms in total. The van der Waals surface area contributed by atoms with Gasteiger partial charge in [-0.25, -0.2) is 4.39 Å². The fourth-order valence-electron chi connectivity index (χ4n) is 2.92. The van der Waals surface area contributed by atoms with Gasteiger partial charge in [-0.2, -0.15) is 0 Å².